The Balaban J connectivity index is 1.77. The van der Waals surface area contributed by atoms with Gasteiger partial charge in [-0.15, -0.1) is 0 Å². The fourth-order valence-electron chi connectivity index (χ4n) is 3.50. The number of ether oxygens (including phenoxy) is 1. The molecule has 0 aliphatic heterocycles. The summed E-state index contributed by atoms with van der Waals surface area (Å²) >= 11 is 0. The Labute approximate surface area is 148 Å². The second kappa shape index (κ2) is 6.09. The van der Waals surface area contributed by atoms with Crippen LogP contribution in [-0.4, -0.2) is 33.6 Å². The van der Waals surface area contributed by atoms with Crippen LogP contribution < -0.4 is 5.32 Å². The van der Waals surface area contributed by atoms with Crippen LogP contribution in [0.2, 0.25) is 0 Å². The Hall–Kier alpha value is -1.95. The molecule has 6 heteroatoms. The Bertz CT molecular complexity index is 704. The van der Waals surface area contributed by atoms with Gasteiger partial charge in [0.2, 0.25) is 0 Å². The van der Waals surface area contributed by atoms with Gasteiger partial charge in [-0.1, -0.05) is 0 Å². The van der Waals surface area contributed by atoms with Crippen LogP contribution in [0.15, 0.2) is 6.07 Å². The molecule has 1 heterocycles. The number of nitrogens with one attached hydrogen (secondary N) is 1. The monoisotopic (exact) mass is 346 g/mol. The van der Waals surface area contributed by atoms with Crippen LogP contribution >= 0.6 is 0 Å². The lowest BCUT2D eigenvalue weighted by molar-refractivity contribution is -0.110. The summed E-state index contributed by atoms with van der Waals surface area (Å²) in [5.41, 5.74) is 2.29. The molecule has 2 aliphatic rings. The molecule has 1 saturated carbocycles. The van der Waals surface area contributed by atoms with E-state index in [1.54, 1.807) is 20.8 Å². The van der Waals surface area contributed by atoms with Crippen LogP contribution in [0.25, 0.3) is 0 Å². The molecule has 25 heavy (non-hydrogen) atoms. The largest absolute Gasteiger partial charge is 0.444 e. The molecule has 0 bridgehead atoms. The maximum Gasteiger partial charge on any atom is 0.408 e. The van der Waals surface area contributed by atoms with E-state index < -0.39 is 23.3 Å². The van der Waals surface area contributed by atoms with Gasteiger partial charge in [-0.25, -0.2) is 4.79 Å². The summed E-state index contributed by atoms with van der Waals surface area (Å²) in [4.78, 5) is 27.7. The zero-order chi connectivity index (χ0) is 18.4. The first-order valence-corrected chi connectivity index (χ1v) is 8.77. The highest BCUT2D eigenvalue weighted by Gasteiger charge is 2.52. The van der Waals surface area contributed by atoms with Gasteiger partial charge >= 0.3 is 6.09 Å². The van der Waals surface area contributed by atoms with Crippen molar-refractivity contribution >= 4 is 12.4 Å². The number of aryl methyl sites for hydroxylation is 1. The van der Waals surface area contributed by atoms with Crippen LogP contribution in [-0.2, 0) is 22.4 Å². The standard InChI is InChI=1S/C19H26N2O4/c1-11-14-8-12(10-22)7-13(14)9-15(20-11)16(23)19(5-6-19)21-17(24)25-18(2,3)4/h9-10,12,16,23H,5-8H2,1-4H3,(H,21,24). The number of rotatable bonds is 4. The molecular weight excluding hydrogens is 320 g/mol. The van der Waals surface area contributed by atoms with E-state index in [0.29, 0.717) is 25.0 Å². The first-order chi connectivity index (χ1) is 11.6. The average Bonchev–Trinajstić information content (AvgIpc) is 3.14. The number of fused-ring (bicyclic) bond motifs is 1. The predicted molar refractivity (Wildman–Crippen MR) is 92.2 cm³/mol. The number of pyridine rings is 1. The minimum atomic E-state index is -0.890. The minimum Gasteiger partial charge on any atom is -0.444 e. The summed E-state index contributed by atoms with van der Waals surface area (Å²) in [6, 6.07) is 1.88. The van der Waals surface area contributed by atoms with E-state index in [2.05, 4.69) is 10.3 Å². The van der Waals surface area contributed by atoms with Gasteiger partial charge in [0.15, 0.2) is 0 Å². The Kier molecular flexibility index (Phi) is 4.35. The number of aliphatic hydroxyl groups is 1. The molecule has 2 atom stereocenters. The summed E-state index contributed by atoms with van der Waals surface area (Å²) in [6.07, 6.45) is 2.35. The van der Waals surface area contributed by atoms with E-state index >= 15 is 0 Å². The lowest BCUT2D eigenvalue weighted by atomic mass is 10.0. The third-order valence-corrected chi connectivity index (χ3v) is 4.93. The van der Waals surface area contributed by atoms with Crippen LogP contribution in [0, 0.1) is 12.8 Å². The van der Waals surface area contributed by atoms with E-state index in [-0.39, 0.29) is 5.92 Å². The highest BCUT2D eigenvalue weighted by Crippen LogP contribution is 2.46. The Morgan fingerprint density at radius 1 is 1.44 bits per heavy atom. The van der Waals surface area contributed by atoms with Crippen molar-refractivity contribution in [2.24, 2.45) is 5.92 Å². The van der Waals surface area contributed by atoms with Gasteiger partial charge in [0.25, 0.3) is 0 Å². The normalized spacial score (nSPS) is 22.0. The van der Waals surface area contributed by atoms with Gasteiger partial charge in [-0.05, 0) is 70.6 Å². The topological polar surface area (TPSA) is 88.5 Å². The fraction of sp³-hybridized carbons (Fsp3) is 0.632. The molecule has 1 amide bonds. The SMILES string of the molecule is Cc1nc(C(O)C2(NC(=O)OC(C)(C)C)CC2)cc2c1CC(C=O)C2. The van der Waals surface area contributed by atoms with Gasteiger partial charge in [0, 0.05) is 11.6 Å². The Morgan fingerprint density at radius 3 is 2.68 bits per heavy atom. The quantitative estimate of drug-likeness (QED) is 0.817. The van der Waals surface area contributed by atoms with Gasteiger partial charge in [0.1, 0.15) is 18.0 Å². The summed E-state index contributed by atoms with van der Waals surface area (Å²) in [7, 11) is 0. The first-order valence-electron chi connectivity index (χ1n) is 8.77. The number of aromatic nitrogens is 1. The van der Waals surface area contributed by atoms with Crippen LogP contribution in [0.5, 0.6) is 0 Å². The van der Waals surface area contributed by atoms with Crippen molar-refractivity contribution in [2.75, 3.05) is 0 Å². The number of carbonyl (C=O) groups is 2. The van der Waals surface area contributed by atoms with Crippen LogP contribution in [0.1, 0.15) is 62.2 Å². The number of aldehydes is 1. The lowest BCUT2D eigenvalue weighted by Crippen LogP contribution is -2.44. The molecule has 0 radical (unpaired) electrons. The molecule has 1 aromatic rings. The maximum absolute atomic E-state index is 12.1. The lowest BCUT2D eigenvalue weighted by Gasteiger charge is -2.26. The molecule has 1 fully saturated rings. The zero-order valence-electron chi connectivity index (χ0n) is 15.3. The van der Waals surface area contributed by atoms with E-state index in [1.807, 2.05) is 13.0 Å². The summed E-state index contributed by atoms with van der Waals surface area (Å²) in [5, 5.41) is 13.7. The summed E-state index contributed by atoms with van der Waals surface area (Å²) in [6.45, 7) is 7.31. The van der Waals surface area contributed by atoms with Gasteiger partial charge in [-0.3, -0.25) is 4.98 Å². The van der Waals surface area contributed by atoms with E-state index in [4.69, 9.17) is 4.74 Å². The predicted octanol–water partition coefficient (Wildman–Crippen LogP) is 2.39. The van der Waals surface area contributed by atoms with Gasteiger partial charge < -0.3 is 20.0 Å². The fourth-order valence-corrected chi connectivity index (χ4v) is 3.50. The highest BCUT2D eigenvalue weighted by atomic mass is 16.6. The second-order valence-electron chi connectivity index (χ2n) is 8.26. The van der Waals surface area contributed by atoms with Crippen molar-refractivity contribution in [3.8, 4) is 0 Å². The number of carbonyl (C=O) groups excluding carboxylic acids is 2. The molecular formula is C19H26N2O4. The van der Waals surface area contributed by atoms with Crippen molar-refractivity contribution in [1.82, 2.24) is 10.3 Å². The molecule has 0 saturated heterocycles. The molecule has 1 aromatic heterocycles. The molecule has 3 rings (SSSR count). The van der Waals surface area contributed by atoms with Crippen molar-refractivity contribution in [3.05, 3.63) is 28.6 Å². The Morgan fingerprint density at radius 2 is 2.12 bits per heavy atom. The molecule has 2 unspecified atom stereocenters. The molecule has 2 aliphatic carbocycles. The zero-order valence-corrected chi connectivity index (χ0v) is 15.3. The van der Waals surface area contributed by atoms with Crippen molar-refractivity contribution < 1.29 is 19.4 Å². The van der Waals surface area contributed by atoms with E-state index in [0.717, 1.165) is 29.5 Å². The minimum absolute atomic E-state index is 0.00216. The number of aliphatic hydroxyl groups excluding tert-OH is 1. The summed E-state index contributed by atoms with van der Waals surface area (Å²) < 4.78 is 5.31. The van der Waals surface area contributed by atoms with Crippen molar-refractivity contribution in [3.63, 3.8) is 0 Å². The molecule has 2 N–H and O–H groups in total. The van der Waals surface area contributed by atoms with Gasteiger partial charge in [-0.2, -0.15) is 0 Å². The van der Waals surface area contributed by atoms with Crippen LogP contribution in [0.3, 0.4) is 0 Å². The third kappa shape index (κ3) is 3.68. The molecule has 0 spiro atoms. The number of nitrogens with zero attached hydrogens (tertiary/aromatic N) is 1. The van der Waals surface area contributed by atoms with Crippen LogP contribution in [0.4, 0.5) is 4.79 Å². The first kappa shape index (κ1) is 17.9. The van der Waals surface area contributed by atoms with Crippen molar-refractivity contribution in [1.29, 1.82) is 0 Å². The molecule has 6 nitrogen and oxygen atoms in total. The van der Waals surface area contributed by atoms with Crippen molar-refractivity contribution in [2.45, 2.75) is 70.6 Å². The number of hydrogen-bond donors (Lipinski definition) is 2. The van der Waals surface area contributed by atoms with E-state index in [1.165, 1.54) is 0 Å². The second-order valence-corrected chi connectivity index (χ2v) is 8.26. The maximum atomic E-state index is 12.1. The highest BCUT2D eigenvalue weighted by molar-refractivity contribution is 5.69. The molecule has 136 valence electrons. The number of alkyl carbamates (subject to hydrolysis) is 1. The average molecular weight is 346 g/mol. The number of amides is 1. The molecule has 0 aromatic carbocycles. The van der Waals surface area contributed by atoms with Gasteiger partial charge in [0.05, 0.1) is 11.2 Å². The van der Waals surface area contributed by atoms with E-state index in [9.17, 15) is 14.7 Å². The smallest absolute Gasteiger partial charge is 0.408 e. The summed E-state index contributed by atoms with van der Waals surface area (Å²) in [5.74, 6) is -0.00216. The third-order valence-electron chi connectivity index (χ3n) is 4.93. The number of hydrogen-bond acceptors (Lipinski definition) is 5.